The second kappa shape index (κ2) is 5.10. The molecule has 0 aromatic heterocycles. The molecule has 1 aliphatic rings. The van der Waals surface area contributed by atoms with Crippen molar-refractivity contribution in [2.45, 2.75) is 32.8 Å². The van der Waals surface area contributed by atoms with Crippen molar-refractivity contribution in [1.29, 1.82) is 0 Å². The van der Waals surface area contributed by atoms with Crippen LogP contribution < -0.4 is 0 Å². The number of carbonyl (C=O) groups excluding carboxylic acids is 2. The van der Waals surface area contributed by atoms with E-state index in [0.717, 1.165) is 6.42 Å². The maximum absolute atomic E-state index is 11.2. The minimum Gasteiger partial charge on any atom is -0.459 e. The van der Waals surface area contributed by atoms with Gasteiger partial charge in [-0.15, -0.1) is 0 Å². The minimum atomic E-state index is -0.565. The Labute approximate surface area is 83.6 Å². The number of hydrogen-bond donors (Lipinski definition) is 0. The average molecular weight is 200 g/mol. The summed E-state index contributed by atoms with van der Waals surface area (Å²) in [5, 5.41) is 0. The van der Waals surface area contributed by atoms with E-state index in [9.17, 15) is 9.59 Å². The Bertz CT molecular complexity index is 224. The quantitative estimate of drug-likeness (QED) is 0.376. The number of Topliss-reactive ketones (excluding diaryl/α,β-unsaturated/α-hetero) is 1. The van der Waals surface area contributed by atoms with Gasteiger partial charge in [0.25, 0.3) is 0 Å². The third-order valence-corrected chi connectivity index (χ3v) is 2.21. The van der Waals surface area contributed by atoms with Crippen LogP contribution in [0.15, 0.2) is 0 Å². The zero-order valence-corrected chi connectivity index (χ0v) is 8.62. The third-order valence-electron chi connectivity index (χ3n) is 2.21. The van der Waals surface area contributed by atoms with Crippen LogP contribution >= 0.6 is 0 Å². The van der Waals surface area contributed by atoms with Crippen LogP contribution in [0.3, 0.4) is 0 Å². The van der Waals surface area contributed by atoms with Crippen molar-refractivity contribution in [2.24, 2.45) is 5.92 Å². The number of ether oxygens (including phenoxy) is 2. The molecule has 1 aliphatic heterocycles. The van der Waals surface area contributed by atoms with E-state index in [-0.39, 0.29) is 11.9 Å². The van der Waals surface area contributed by atoms with Crippen LogP contribution in [0.2, 0.25) is 0 Å². The molecule has 0 spiro atoms. The zero-order chi connectivity index (χ0) is 10.6. The molecule has 0 aromatic carbocycles. The van der Waals surface area contributed by atoms with Gasteiger partial charge in [-0.3, -0.25) is 9.59 Å². The van der Waals surface area contributed by atoms with Gasteiger partial charge in [0, 0.05) is 13.0 Å². The molecule has 2 atom stereocenters. The first kappa shape index (κ1) is 11.2. The molecule has 4 heteroatoms. The summed E-state index contributed by atoms with van der Waals surface area (Å²) in [5.74, 6) is -1.08. The van der Waals surface area contributed by atoms with E-state index in [1.807, 2.05) is 6.92 Å². The van der Waals surface area contributed by atoms with Gasteiger partial charge < -0.3 is 9.47 Å². The first-order valence-corrected chi connectivity index (χ1v) is 4.93. The molecule has 14 heavy (non-hydrogen) atoms. The van der Waals surface area contributed by atoms with Crippen LogP contribution in [0, 0.1) is 5.92 Å². The minimum absolute atomic E-state index is 0.118. The average Bonchev–Trinajstić information content (AvgIpc) is 2.47. The van der Waals surface area contributed by atoms with Crippen molar-refractivity contribution in [1.82, 2.24) is 0 Å². The normalized spacial score (nSPS) is 26.3. The molecule has 1 rings (SSSR count). The number of carbonyl (C=O) groups is 2. The topological polar surface area (TPSA) is 52.6 Å². The number of ketones is 1. The Morgan fingerprint density at radius 2 is 2.36 bits per heavy atom. The molecule has 1 saturated heterocycles. The second-order valence-corrected chi connectivity index (χ2v) is 3.53. The highest BCUT2D eigenvalue weighted by atomic mass is 16.6. The molecule has 0 unspecified atom stereocenters. The summed E-state index contributed by atoms with van der Waals surface area (Å²) in [7, 11) is 0. The van der Waals surface area contributed by atoms with Crippen molar-refractivity contribution in [3.05, 3.63) is 0 Å². The van der Waals surface area contributed by atoms with E-state index in [4.69, 9.17) is 9.47 Å². The van der Waals surface area contributed by atoms with Gasteiger partial charge in [0.1, 0.15) is 17.8 Å². The summed E-state index contributed by atoms with van der Waals surface area (Å²) in [6, 6.07) is 0. The van der Waals surface area contributed by atoms with Crippen molar-refractivity contribution in [3.8, 4) is 0 Å². The molecule has 0 aliphatic carbocycles. The summed E-state index contributed by atoms with van der Waals surface area (Å²) >= 11 is 0. The highest BCUT2D eigenvalue weighted by Gasteiger charge is 2.37. The van der Waals surface area contributed by atoms with E-state index < -0.39 is 11.9 Å². The summed E-state index contributed by atoms with van der Waals surface area (Å²) < 4.78 is 10.3. The van der Waals surface area contributed by atoms with Gasteiger partial charge in [0.05, 0.1) is 6.61 Å². The Morgan fingerprint density at radius 3 is 2.86 bits per heavy atom. The molecule has 0 aromatic rings. The molecular weight excluding hydrogens is 184 g/mol. The Balaban J connectivity index is 2.31. The van der Waals surface area contributed by atoms with E-state index in [1.165, 1.54) is 6.92 Å². The van der Waals surface area contributed by atoms with Crippen molar-refractivity contribution < 1.29 is 19.1 Å². The molecule has 1 fully saturated rings. The number of rotatable bonds is 5. The second-order valence-electron chi connectivity index (χ2n) is 3.53. The van der Waals surface area contributed by atoms with Crippen LogP contribution in [0.25, 0.3) is 0 Å². The standard InChI is InChI=1S/C10H16O4/c1-3-4-13-6-8-5-9(7(2)11)10(12)14-8/h8-9H,3-6H2,1-2H3/t8-,9-/m1/s1. The van der Waals surface area contributed by atoms with Crippen LogP contribution in [0.1, 0.15) is 26.7 Å². The SMILES string of the molecule is CCCOC[C@H]1C[C@H](C(C)=O)C(=O)O1. The monoisotopic (exact) mass is 200 g/mol. The molecule has 0 bridgehead atoms. The highest BCUT2D eigenvalue weighted by molar-refractivity contribution is 5.98. The maximum Gasteiger partial charge on any atom is 0.316 e. The molecule has 4 nitrogen and oxygen atoms in total. The van der Waals surface area contributed by atoms with E-state index in [1.54, 1.807) is 0 Å². The predicted molar refractivity (Wildman–Crippen MR) is 49.8 cm³/mol. The molecule has 1 heterocycles. The molecular formula is C10H16O4. The maximum atomic E-state index is 11.2. The van der Waals surface area contributed by atoms with Crippen molar-refractivity contribution in [3.63, 3.8) is 0 Å². The first-order valence-electron chi connectivity index (χ1n) is 4.93. The summed E-state index contributed by atoms with van der Waals surface area (Å²) in [6.45, 7) is 4.50. The van der Waals surface area contributed by atoms with Gasteiger partial charge in [0.2, 0.25) is 0 Å². The third kappa shape index (κ3) is 2.80. The van der Waals surface area contributed by atoms with E-state index in [2.05, 4.69) is 0 Å². The lowest BCUT2D eigenvalue weighted by Gasteiger charge is -2.08. The fourth-order valence-electron chi connectivity index (χ4n) is 1.45. The van der Waals surface area contributed by atoms with Gasteiger partial charge in [-0.2, -0.15) is 0 Å². The fraction of sp³-hybridized carbons (Fsp3) is 0.800. The van der Waals surface area contributed by atoms with Crippen LogP contribution in [0.4, 0.5) is 0 Å². The molecule has 80 valence electrons. The summed E-state index contributed by atoms with van der Waals surface area (Å²) in [5.41, 5.74) is 0. The Kier molecular flexibility index (Phi) is 4.07. The smallest absolute Gasteiger partial charge is 0.316 e. The Morgan fingerprint density at radius 1 is 1.64 bits per heavy atom. The number of hydrogen-bond acceptors (Lipinski definition) is 4. The number of esters is 1. The lowest BCUT2D eigenvalue weighted by atomic mass is 10.0. The summed E-state index contributed by atoms with van der Waals surface area (Å²) in [4.78, 5) is 22.2. The van der Waals surface area contributed by atoms with E-state index in [0.29, 0.717) is 19.6 Å². The first-order chi connectivity index (χ1) is 6.65. The van der Waals surface area contributed by atoms with Crippen molar-refractivity contribution >= 4 is 11.8 Å². The van der Waals surface area contributed by atoms with Gasteiger partial charge >= 0.3 is 5.97 Å². The summed E-state index contributed by atoms with van der Waals surface area (Å²) in [6.07, 6.45) is 1.18. The van der Waals surface area contributed by atoms with Crippen LogP contribution in [0.5, 0.6) is 0 Å². The Hall–Kier alpha value is -0.900. The fourth-order valence-corrected chi connectivity index (χ4v) is 1.45. The van der Waals surface area contributed by atoms with Gasteiger partial charge in [0.15, 0.2) is 0 Å². The van der Waals surface area contributed by atoms with Gasteiger partial charge in [-0.1, -0.05) is 6.92 Å². The zero-order valence-electron chi connectivity index (χ0n) is 8.62. The molecule has 0 saturated carbocycles. The van der Waals surface area contributed by atoms with E-state index >= 15 is 0 Å². The van der Waals surface area contributed by atoms with Crippen molar-refractivity contribution in [2.75, 3.05) is 13.2 Å². The number of cyclic esters (lactones) is 1. The predicted octanol–water partition coefficient (Wildman–Crippen LogP) is 0.934. The lowest BCUT2D eigenvalue weighted by molar-refractivity contribution is -0.147. The lowest BCUT2D eigenvalue weighted by Crippen LogP contribution is -2.16. The molecule has 0 radical (unpaired) electrons. The molecule has 0 amide bonds. The van der Waals surface area contributed by atoms with Gasteiger partial charge in [-0.25, -0.2) is 0 Å². The van der Waals surface area contributed by atoms with Gasteiger partial charge in [-0.05, 0) is 13.3 Å². The molecule has 0 N–H and O–H groups in total. The largest absolute Gasteiger partial charge is 0.459 e. The highest BCUT2D eigenvalue weighted by Crippen LogP contribution is 2.22. The van der Waals surface area contributed by atoms with Crippen LogP contribution in [-0.4, -0.2) is 31.1 Å². The van der Waals surface area contributed by atoms with Crippen LogP contribution in [-0.2, 0) is 19.1 Å².